The summed E-state index contributed by atoms with van der Waals surface area (Å²) in [6, 6.07) is 9.84. The lowest BCUT2D eigenvalue weighted by Gasteiger charge is -2.39. The third-order valence-corrected chi connectivity index (χ3v) is 3.85. The Hall–Kier alpha value is -1.39. The highest BCUT2D eigenvalue weighted by Crippen LogP contribution is 2.38. The SMILES string of the molecule is CC(C)(C)C(O)C(Cl)(Cc1ccccc1)n1cncn1. The average molecular weight is 294 g/mol. The van der Waals surface area contributed by atoms with Crippen LogP contribution in [0.4, 0.5) is 0 Å². The van der Waals surface area contributed by atoms with E-state index in [-0.39, 0.29) is 5.41 Å². The Kier molecular flexibility index (Phi) is 4.16. The summed E-state index contributed by atoms with van der Waals surface area (Å²) in [5.41, 5.74) is 0.670. The van der Waals surface area contributed by atoms with Gasteiger partial charge in [0.1, 0.15) is 12.7 Å². The lowest BCUT2D eigenvalue weighted by Crippen LogP contribution is -2.49. The average Bonchev–Trinajstić information content (AvgIpc) is 2.92. The van der Waals surface area contributed by atoms with Crippen molar-refractivity contribution < 1.29 is 5.11 Å². The third kappa shape index (κ3) is 3.02. The summed E-state index contributed by atoms with van der Waals surface area (Å²) >= 11 is 6.79. The number of hydrogen-bond donors (Lipinski definition) is 1. The van der Waals surface area contributed by atoms with Gasteiger partial charge >= 0.3 is 0 Å². The van der Waals surface area contributed by atoms with E-state index in [1.54, 1.807) is 6.33 Å². The lowest BCUT2D eigenvalue weighted by atomic mass is 9.82. The quantitative estimate of drug-likeness (QED) is 0.882. The lowest BCUT2D eigenvalue weighted by molar-refractivity contribution is -0.00780. The molecule has 1 heterocycles. The van der Waals surface area contributed by atoms with Crippen LogP contribution in [-0.4, -0.2) is 26.0 Å². The summed E-state index contributed by atoms with van der Waals surface area (Å²) in [6.45, 7) is 5.87. The predicted molar refractivity (Wildman–Crippen MR) is 79.5 cm³/mol. The molecule has 2 aromatic rings. The van der Waals surface area contributed by atoms with Crippen LogP contribution in [0.15, 0.2) is 43.0 Å². The second kappa shape index (κ2) is 5.54. The summed E-state index contributed by atoms with van der Waals surface area (Å²) < 4.78 is 1.54. The number of alkyl halides is 1. The van der Waals surface area contributed by atoms with E-state index in [0.717, 1.165) is 5.56 Å². The van der Waals surface area contributed by atoms with Crippen molar-refractivity contribution in [3.05, 3.63) is 48.5 Å². The molecule has 0 radical (unpaired) electrons. The number of hydrogen-bond acceptors (Lipinski definition) is 3. The standard InChI is InChI=1S/C15H20ClN3O/c1-14(2,3)13(20)15(16,19-11-17-10-18-19)9-12-7-5-4-6-8-12/h4-8,10-11,13,20H,9H2,1-3H3. The minimum absolute atomic E-state index is 0.373. The zero-order valence-corrected chi connectivity index (χ0v) is 12.7. The Bertz CT molecular complexity index is 536. The van der Waals surface area contributed by atoms with Crippen LogP contribution in [-0.2, 0) is 11.4 Å². The Morgan fingerprint density at radius 1 is 1.25 bits per heavy atom. The topological polar surface area (TPSA) is 50.9 Å². The van der Waals surface area contributed by atoms with Crippen molar-refractivity contribution in [3.8, 4) is 0 Å². The molecule has 4 nitrogen and oxygen atoms in total. The van der Waals surface area contributed by atoms with E-state index in [4.69, 9.17) is 11.6 Å². The van der Waals surface area contributed by atoms with Crippen LogP contribution < -0.4 is 0 Å². The summed E-state index contributed by atoms with van der Waals surface area (Å²) in [5, 5.41) is 14.8. The number of benzene rings is 1. The van der Waals surface area contributed by atoms with Gasteiger partial charge in [-0.05, 0) is 11.0 Å². The summed E-state index contributed by atoms with van der Waals surface area (Å²) in [4.78, 5) is 2.89. The molecule has 108 valence electrons. The first kappa shape index (κ1) is 15.0. The van der Waals surface area contributed by atoms with Crippen LogP contribution >= 0.6 is 11.6 Å². The number of aliphatic hydroxyl groups is 1. The van der Waals surface area contributed by atoms with Gasteiger partial charge in [-0.25, -0.2) is 9.67 Å². The first-order valence-electron chi connectivity index (χ1n) is 6.60. The number of nitrogens with zero attached hydrogens (tertiary/aromatic N) is 3. The smallest absolute Gasteiger partial charge is 0.167 e. The van der Waals surface area contributed by atoms with E-state index < -0.39 is 11.1 Å². The van der Waals surface area contributed by atoms with Gasteiger partial charge in [-0.2, -0.15) is 5.10 Å². The number of halogens is 1. The number of aromatic nitrogens is 3. The molecule has 5 heteroatoms. The molecular weight excluding hydrogens is 274 g/mol. The van der Waals surface area contributed by atoms with Gasteiger partial charge in [-0.15, -0.1) is 0 Å². The van der Waals surface area contributed by atoms with Crippen LogP contribution in [0.5, 0.6) is 0 Å². The van der Waals surface area contributed by atoms with Crippen molar-refractivity contribution in [3.63, 3.8) is 0 Å². The Morgan fingerprint density at radius 2 is 1.90 bits per heavy atom. The Morgan fingerprint density at radius 3 is 2.40 bits per heavy atom. The van der Waals surface area contributed by atoms with Crippen LogP contribution in [0.2, 0.25) is 0 Å². The van der Waals surface area contributed by atoms with Gasteiger partial charge in [-0.3, -0.25) is 0 Å². The predicted octanol–water partition coefficient (Wildman–Crippen LogP) is 2.82. The van der Waals surface area contributed by atoms with Gasteiger partial charge in [0, 0.05) is 6.42 Å². The maximum absolute atomic E-state index is 10.7. The molecule has 1 N–H and O–H groups in total. The minimum Gasteiger partial charge on any atom is -0.389 e. The van der Waals surface area contributed by atoms with Crippen LogP contribution in [0.3, 0.4) is 0 Å². The highest BCUT2D eigenvalue weighted by atomic mass is 35.5. The molecule has 0 fully saturated rings. The van der Waals surface area contributed by atoms with Gasteiger partial charge in [0.15, 0.2) is 5.00 Å². The Balaban J connectivity index is 2.40. The second-order valence-electron chi connectivity index (χ2n) is 6.09. The normalized spacial score (nSPS) is 16.6. The maximum Gasteiger partial charge on any atom is 0.167 e. The minimum atomic E-state index is -1.06. The zero-order valence-electron chi connectivity index (χ0n) is 12.0. The van der Waals surface area contributed by atoms with Crippen molar-refractivity contribution >= 4 is 11.6 Å². The summed E-state index contributed by atoms with van der Waals surface area (Å²) in [6.07, 6.45) is 2.66. The van der Waals surface area contributed by atoms with E-state index >= 15 is 0 Å². The molecule has 0 spiro atoms. The van der Waals surface area contributed by atoms with E-state index in [1.165, 1.54) is 11.0 Å². The van der Waals surface area contributed by atoms with Crippen molar-refractivity contribution in [2.75, 3.05) is 0 Å². The third-order valence-electron chi connectivity index (χ3n) is 3.33. The fraction of sp³-hybridized carbons (Fsp3) is 0.467. The van der Waals surface area contributed by atoms with Crippen LogP contribution in [0.1, 0.15) is 26.3 Å². The second-order valence-corrected chi connectivity index (χ2v) is 6.74. The summed E-state index contributed by atoms with van der Waals surface area (Å²) in [7, 11) is 0. The van der Waals surface area contributed by atoms with Gasteiger partial charge < -0.3 is 5.11 Å². The van der Waals surface area contributed by atoms with Crippen molar-refractivity contribution in [1.29, 1.82) is 0 Å². The molecule has 0 amide bonds. The van der Waals surface area contributed by atoms with Gasteiger partial charge in [0.05, 0.1) is 6.10 Å². The molecule has 0 aliphatic rings. The van der Waals surface area contributed by atoms with Gasteiger partial charge in [0.2, 0.25) is 0 Å². The highest BCUT2D eigenvalue weighted by Gasteiger charge is 2.45. The van der Waals surface area contributed by atoms with Crippen LogP contribution in [0.25, 0.3) is 0 Å². The molecule has 0 aliphatic heterocycles. The monoisotopic (exact) mass is 293 g/mol. The number of rotatable bonds is 4. The first-order chi connectivity index (χ1) is 9.34. The van der Waals surface area contributed by atoms with Crippen molar-refractivity contribution in [2.24, 2.45) is 5.41 Å². The molecule has 2 unspecified atom stereocenters. The van der Waals surface area contributed by atoms with E-state index in [2.05, 4.69) is 10.1 Å². The first-order valence-corrected chi connectivity index (χ1v) is 6.98. The molecule has 0 saturated heterocycles. The van der Waals surface area contributed by atoms with E-state index in [0.29, 0.717) is 6.42 Å². The fourth-order valence-electron chi connectivity index (χ4n) is 2.25. The molecule has 1 aromatic heterocycles. The largest absolute Gasteiger partial charge is 0.389 e. The molecule has 0 saturated carbocycles. The van der Waals surface area contributed by atoms with Gasteiger partial charge in [-0.1, -0.05) is 62.7 Å². The molecule has 2 rings (SSSR count). The molecule has 0 bridgehead atoms. The van der Waals surface area contributed by atoms with E-state index in [9.17, 15) is 5.11 Å². The zero-order chi connectivity index (χ0) is 14.8. The molecule has 2 atom stereocenters. The fourth-order valence-corrected chi connectivity index (χ4v) is 2.82. The maximum atomic E-state index is 10.7. The highest BCUT2D eigenvalue weighted by molar-refractivity contribution is 6.22. The molecule has 0 aliphatic carbocycles. The van der Waals surface area contributed by atoms with Crippen molar-refractivity contribution in [2.45, 2.75) is 38.3 Å². The molecule has 1 aromatic carbocycles. The number of aliphatic hydroxyl groups excluding tert-OH is 1. The molecular formula is C15H20ClN3O. The molecule has 20 heavy (non-hydrogen) atoms. The van der Waals surface area contributed by atoms with Crippen LogP contribution in [0, 0.1) is 5.41 Å². The van der Waals surface area contributed by atoms with Gasteiger partial charge in [0.25, 0.3) is 0 Å². The Labute approximate surface area is 124 Å². The van der Waals surface area contributed by atoms with E-state index in [1.807, 2.05) is 51.1 Å². The van der Waals surface area contributed by atoms with Crippen molar-refractivity contribution in [1.82, 2.24) is 14.8 Å². The summed E-state index contributed by atoms with van der Waals surface area (Å²) in [5.74, 6) is 0.